The van der Waals surface area contributed by atoms with Crippen molar-refractivity contribution in [1.29, 1.82) is 0 Å². The van der Waals surface area contributed by atoms with Gasteiger partial charge in [-0.05, 0) is 30.2 Å². The fourth-order valence-electron chi connectivity index (χ4n) is 2.84. The van der Waals surface area contributed by atoms with Crippen LogP contribution in [-0.2, 0) is 6.42 Å². The molecule has 0 radical (unpaired) electrons. The lowest BCUT2D eigenvalue weighted by Gasteiger charge is -2.30. The highest BCUT2D eigenvalue weighted by molar-refractivity contribution is 5.54. The standard InChI is InChI=1S/C16H18N2O2/c1-19-13-5-6-14(20-2)15-12(13)7-9-18-16(15)11-4-3-8-17-10-11/h3-6,8,10,16,18H,7,9H2,1-2H3. The maximum absolute atomic E-state index is 5.55. The van der Waals surface area contributed by atoms with Crippen molar-refractivity contribution < 1.29 is 9.47 Å². The molecule has 4 heteroatoms. The second kappa shape index (κ2) is 5.51. The van der Waals surface area contributed by atoms with Crippen LogP contribution in [0.15, 0.2) is 36.7 Å². The first-order valence-electron chi connectivity index (χ1n) is 6.72. The molecule has 0 saturated heterocycles. The molecule has 1 unspecified atom stereocenters. The van der Waals surface area contributed by atoms with Crippen molar-refractivity contribution >= 4 is 0 Å². The number of methoxy groups -OCH3 is 2. The topological polar surface area (TPSA) is 43.4 Å². The summed E-state index contributed by atoms with van der Waals surface area (Å²) in [5.74, 6) is 1.82. The number of pyridine rings is 1. The van der Waals surface area contributed by atoms with Crippen molar-refractivity contribution in [3.63, 3.8) is 0 Å². The minimum absolute atomic E-state index is 0.0949. The minimum Gasteiger partial charge on any atom is -0.496 e. The molecule has 0 amide bonds. The highest BCUT2D eigenvalue weighted by atomic mass is 16.5. The van der Waals surface area contributed by atoms with Crippen molar-refractivity contribution in [2.24, 2.45) is 0 Å². The van der Waals surface area contributed by atoms with Gasteiger partial charge < -0.3 is 14.8 Å². The first kappa shape index (κ1) is 12.9. The van der Waals surface area contributed by atoms with Crippen molar-refractivity contribution in [2.75, 3.05) is 20.8 Å². The van der Waals surface area contributed by atoms with Gasteiger partial charge in [0, 0.05) is 30.1 Å². The van der Waals surface area contributed by atoms with Crippen molar-refractivity contribution in [3.8, 4) is 11.5 Å². The Labute approximate surface area is 118 Å². The van der Waals surface area contributed by atoms with Gasteiger partial charge in [0.1, 0.15) is 11.5 Å². The van der Waals surface area contributed by atoms with Crippen LogP contribution >= 0.6 is 0 Å². The van der Waals surface area contributed by atoms with Crippen molar-refractivity contribution in [1.82, 2.24) is 10.3 Å². The maximum atomic E-state index is 5.55. The molecule has 20 heavy (non-hydrogen) atoms. The van der Waals surface area contributed by atoms with Gasteiger partial charge in [0.2, 0.25) is 0 Å². The SMILES string of the molecule is COc1ccc(OC)c2c1CCNC2c1cccnc1. The van der Waals surface area contributed by atoms with Crippen molar-refractivity contribution in [2.45, 2.75) is 12.5 Å². The monoisotopic (exact) mass is 270 g/mol. The van der Waals surface area contributed by atoms with Crippen LogP contribution in [0.1, 0.15) is 22.7 Å². The van der Waals surface area contributed by atoms with Crippen LogP contribution in [0.3, 0.4) is 0 Å². The maximum Gasteiger partial charge on any atom is 0.124 e. The molecule has 2 aromatic rings. The van der Waals surface area contributed by atoms with Gasteiger partial charge >= 0.3 is 0 Å². The van der Waals surface area contributed by atoms with E-state index in [4.69, 9.17) is 9.47 Å². The fraction of sp³-hybridized carbons (Fsp3) is 0.312. The number of rotatable bonds is 3. The average molecular weight is 270 g/mol. The molecule has 4 nitrogen and oxygen atoms in total. The molecular formula is C16H18N2O2. The Morgan fingerprint density at radius 1 is 1.15 bits per heavy atom. The molecule has 0 aliphatic carbocycles. The van der Waals surface area contributed by atoms with E-state index in [0.29, 0.717) is 0 Å². The molecule has 1 aromatic carbocycles. The Kier molecular flexibility index (Phi) is 3.56. The second-order valence-electron chi connectivity index (χ2n) is 4.79. The normalized spacial score (nSPS) is 17.4. The molecule has 1 atom stereocenters. The lowest BCUT2D eigenvalue weighted by atomic mass is 9.89. The van der Waals surface area contributed by atoms with E-state index in [9.17, 15) is 0 Å². The highest BCUT2D eigenvalue weighted by Crippen LogP contribution is 2.39. The average Bonchev–Trinajstić information content (AvgIpc) is 2.54. The molecule has 1 aliphatic rings. The molecular weight excluding hydrogens is 252 g/mol. The summed E-state index contributed by atoms with van der Waals surface area (Å²) < 4.78 is 11.0. The summed E-state index contributed by atoms with van der Waals surface area (Å²) in [7, 11) is 3.42. The summed E-state index contributed by atoms with van der Waals surface area (Å²) in [6, 6.07) is 8.08. The predicted octanol–water partition coefficient (Wildman–Crippen LogP) is 2.33. The van der Waals surface area contributed by atoms with Gasteiger partial charge in [-0.15, -0.1) is 0 Å². The number of ether oxygens (including phenoxy) is 2. The lowest BCUT2D eigenvalue weighted by Crippen LogP contribution is -2.31. The van der Waals surface area contributed by atoms with Crippen LogP contribution in [0.4, 0.5) is 0 Å². The summed E-state index contributed by atoms with van der Waals surface area (Å²) in [6.07, 6.45) is 4.62. The number of aromatic nitrogens is 1. The quantitative estimate of drug-likeness (QED) is 0.929. The van der Waals surface area contributed by atoms with Crippen LogP contribution in [-0.4, -0.2) is 25.7 Å². The zero-order chi connectivity index (χ0) is 13.9. The summed E-state index contributed by atoms with van der Waals surface area (Å²) in [5, 5.41) is 3.54. The summed E-state index contributed by atoms with van der Waals surface area (Å²) in [6.45, 7) is 0.913. The van der Waals surface area contributed by atoms with E-state index in [1.165, 1.54) is 5.56 Å². The third-order valence-corrected chi connectivity index (χ3v) is 3.74. The highest BCUT2D eigenvalue weighted by Gasteiger charge is 2.27. The number of fused-ring (bicyclic) bond motifs is 1. The zero-order valence-corrected chi connectivity index (χ0v) is 11.7. The van der Waals surface area contributed by atoms with E-state index < -0.39 is 0 Å². The smallest absolute Gasteiger partial charge is 0.124 e. The van der Waals surface area contributed by atoms with Gasteiger partial charge in [-0.1, -0.05) is 6.07 Å². The summed E-state index contributed by atoms with van der Waals surface area (Å²) >= 11 is 0. The largest absolute Gasteiger partial charge is 0.496 e. The minimum atomic E-state index is 0.0949. The molecule has 3 rings (SSSR count). The molecule has 1 aromatic heterocycles. The number of benzene rings is 1. The Hall–Kier alpha value is -2.07. The van der Waals surface area contributed by atoms with Gasteiger partial charge in [0.25, 0.3) is 0 Å². The van der Waals surface area contributed by atoms with Gasteiger partial charge in [0.05, 0.1) is 20.3 Å². The number of hydrogen-bond acceptors (Lipinski definition) is 4. The molecule has 1 aliphatic heterocycles. The van der Waals surface area contributed by atoms with E-state index in [1.807, 2.05) is 24.4 Å². The van der Waals surface area contributed by atoms with Crippen LogP contribution in [0, 0.1) is 0 Å². The van der Waals surface area contributed by atoms with E-state index >= 15 is 0 Å². The van der Waals surface area contributed by atoms with Crippen molar-refractivity contribution in [3.05, 3.63) is 53.3 Å². The Morgan fingerprint density at radius 3 is 2.65 bits per heavy atom. The molecule has 104 valence electrons. The number of nitrogens with one attached hydrogen (secondary N) is 1. The molecule has 0 bridgehead atoms. The van der Waals surface area contributed by atoms with E-state index in [2.05, 4.69) is 16.4 Å². The van der Waals surface area contributed by atoms with Gasteiger partial charge in [-0.2, -0.15) is 0 Å². The van der Waals surface area contributed by atoms with Crippen LogP contribution in [0.2, 0.25) is 0 Å². The molecule has 0 saturated carbocycles. The van der Waals surface area contributed by atoms with E-state index in [-0.39, 0.29) is 6.04 Å². The predicted molar refractivity (Wildman–Crippen MR) is 77.3 cm³/mol. The number of nitrogens with zero attached hydrogens (tertiary/aromatic N) is 1. The third kappa shape index (κ3) is 2.12. The number of hydrogen-bond donors (Lipinski definition) is 1. The Bertz CT molecular complexity index is 599. The zero-order valence-electron chi connectivity index (χ0n) is 11.7. The van der Waals surface area contributed by atoms with E-state index in [0.717, 1.165) is 35.6 Å². The first-order chi connectivity index (χ1) is 9.85. The van der Waals surface area contributed by atoms with Crippen LogP contribution in [0.5, 0.6) is 11.5 Å². The summed E-state index contributed by atoms with van der Waals surface area (Å²) in [4.78, 5) is 4.22. The van der Waals surface area contributed by atoms with Gasteiger partial charge in [-0.3, -0.25) is 4.98 Å². The fourth-order valence-corrected chi connectivity index (χ4v) is 2.84. The van der Waals surface area contributed by atoms with Crippen LogP contribution < -0.4 is 14.8 Å². The van der Waals surface area contributed by atoms with E-state index in [1.54, 1.807) is 20.4 Å². The molecule has 1 N–H and O–H groups in total. The summed E-state index contributed by atoms with van der Waals surface area (Å²) in [5.41, 5.74) is 3.52. The molecule has 2 heterocycles. The van der Waals surface area contributed by atoms with Gasteiger partial charge in [-0.25, -0.2) is 0 Å². The Morgan fingerprint density at radius 2 is 1.95 bits per heavy atom. The van der Waals surface area contributed by atoms with Crippen LogP contribution in [0.25, 0.3) is 0 Å². The second-order valence-corrected chi connectivity index (χ2v) is 4.79. The first-order valence-corrected chi connectivity index (χ1v) is 6.72. The Balaban J connectivity index is 2.16. The lowest BCUT2D eigenvalue weighted by molar-refractivity contribution is 0.382. The third-order valence-electron chi connectivity index (χ3n) is 3.74. The molecule has 0 spiro atoms. The van der Waals surface area contributed by atoms with Gasteiger partial charge in [0.15, 0.2) is 0 Å². The molecule has 0 fully saturated rings.